The highest BCUT2D eigenvalue weighted by Gasteiger charge is 2.15. The third-order valence-electron chi connectivity index (χ3n) is 3.48. The van der Waals surface area contributed by atoms with Gasteiger partial charge in [-0.15, -0.1) is 0 Å². The van der Waals surface area contributed by atoms with Crippen molar-refractivity contribution in [3.8, 4) is 5.75 Å². The Kier molecular flexibility index (Phi) is 4.42. The van der Waals surface area contributed by atoms with Gasteiger partial charge in [0.05, 0.1) is 7.11 Å². The van der Waals surface area contributed by atoms with Gasteiger partial charge in [-0.25, -0.2) is 4.39 Å². The number of ether oxygens (including phenoxy) is 1. The smallest absolute Gasteiger partial charge is 0.167 e. The van der Waals surface area contributed by atoms with E-state index in [4.69, 9.17) is 4.74 Å². The normalized spacial score (nSPS) is 19.6. The third kappa shape index (κ3) is 3.13. The summed E-state index contributed by atoms with van der Waals surface area (Å²) >= 11 is 0. The van der Waals surface area contributed by atoms with Crippen molar-refractivity contribution >= 4 is 5.69 Å². The average molecular weight is 252 g/mol. The van der Waals surface area contributed by atoms with E-state index in [1.54, 1.807) is 6.07 Å². The van der Waals surface area contributed by atoms with Crippen LogP contribution >= 0.6 is 0 Å². The van der Waals surface area contributed by atoms with Crippen molar-refractivity contribution in [3.63, 3.8) is 0 Å². The summed E-state index contributed by atoms with van der Waals surface area (Å²) in [7, 11) is 3.48. The molecule has 1 saturated heterocycles. The van der Waals surface area contributed by atoms with Crippen LogP contribution in [0.2, 0.25) is 0 Å². The molecule has 1 aliphatic rings. The van der Waals surface area contributed by atoms with Crippen LogP contribution < -0.4 is 15.0 Å². The highest BCUT2D eigenvalue weighted by molar-refractivity contribution is 5.49. The third-order valence-corrected chi connectivity index (χ3v) is 3.48. The van der Waals surface area contributed by atoms with Crippen LogP contribution in [0.15, 0.2) is 18.2 Å². The summed E-state index contributed by atoms with van der Waals surface area (Å²) in [6.07, 6.45) is 3.74. The van der Waals surface area contributed by atoms with Gasteiger partial charge >= 0.3 is 0 Å². The second-order valence-electron chi connectivity index (χ2n) is 4.85. The Labute approximate surface area is 108 Å². The predicted molar refractivity (Wildman–Crippen MR) is 71.9 cm³/mol. The highest BCUT2D eigenvalue weighted by Crippen LogP contribution is 2.23. The van der Waals surface area contributed by atoms with Gasteiger partial charge in [-0.2, -0.15) is 0 Å². The maximum atomic E-state index is 13.6. The number of hydrogen-bond acceptors (Lipinski definition) is 3. The summed E-state index contributed by atoms with van der Waals surface area (Å²) in [6.45, 7) is 2.00. The van der Waals surface area contributed by atoms with Crippen LogP contribution in [0, 0.1) is 5.82 Å². The molecule has 2 rings (SSSR count). The maximum Gasteiger partial charge on any atom is 0.167 e. The van der Waals surface area contributed by atoms with Crippen LogP contribution in [0.4, 0.5) is 10.1 Å². The van der Waals surface area contributed by atoms with E-state index >= 15 is 0 Å². The molecule has 0 bridgehead atoms. The zero-order valence-corrected chi connectivity index (χ0v) is 11.1. The Hall–Kier alpha value is -1.29. The molecule has 18 heavy (non-hydrogen) atoms. The molecule has 1 unspecified atom stereocenters. The summed E-state index contributed by atoms with van der Waals surface area (Å²) in [4.78, 5) is 2.09. The number of nitrogens with one attached hydrogen (secondary N) is 1. The first-order chi connectivity index (χ1) is 8.70. The van der Waals surface area contributed by atoms with Gasteiger partial charge in [0, 0.05) is 31.4 Å². The van der Waals surface area contributed by atoms with Gasteiger partial charge in [-0.3, -0.25) is 0 Å². The molecule has 1 aromatic rings. The Bertz CT molecular complexity index is 391. The lowest BCUT2D eigenvalue weighted by Gasteiger charge is -2.29. The summed E-state index contributed by atoms with van der Waals surface area (Å²) in [5.74, 6) is -0.0126. The van der Waals surface area contributed by atoms with Gasteiger partial charge in [0.25, 0.3) is 0 Å². The number of methoxy groups -OCH3 is 1. The number of nitrogens with zero attached hydrogens (tertiary/aromatic N) is 1. The first-order valence-corrected chi connectivity index (χ1v) is 6.49. The molecule has 1 N–H and O–H groups in total. The number of likely N-dealkylation sites (N-methyl/N-ethyl adjacent to an activating group) is 1. The Balaban J connectivity index is 1.99. The van der Waals surface area contributed by atoms with Gasteiger partial charge < -0.3 is 15.0 Å². The molecule has 0 radical (unpaired) electrons. The predicted octanol–water partition coefficient (Wildman–Crippen LogP) is 2.41. The van der Waals surface area contributed by atoms with Gasteiger partial charge in [0.15, 0.2) is 11.6 Å². The fourth-order valence-electron chi connectivity index (χ4n) is 2.41. The molecule has 0 amide bonds. The zero-order chi connectivity index (χ0) is 13.0. The van der Waals surface area contributed by atoms with Crippen molar-refractivity contribution in [2.75, 3.05) is 32.1 Å². The summed E-state index contributed by atoms with van der Waals surface area (Å²) < 4.78 is 18.5. The van der Waals surface area contributed by atoms with Gasteiger partial charge in [-0.1, -0.05) is 6.42 Å². The minimum Gasteiger partial charge on any atom is -0.494 e. The van der Waals surface area contributed by atoms with Gasteiger partial charge in [0.1, 0.15) is 0 Å². The molecule has 0 aromatic heterocycles. The minimum absolute atomic E-state index is 0.294. The van der Waals surface area contributed by atoms with Crippen LogP contribution in [-0.2, 0) is 0 Å². The van der Waals surface area contributed by atoms with Crippen molar-refractivity contribution in [1.29, 1.82) is 0 Å². The molecule has 1 heterocycles. The van der Waals surface area contributed by atoms with Crippen LogP contribution in [0.3, 0.4) is 0 Å². The molecule has 1 atom stereocenters. The standard InChI is InChI=1S/C14H21FN2O/c1-17(10-11-5-3-4-8-16-11)12-6-7-14(18-2)13(15)9-12/h6-7,9,11,16H,3-5,8,10H2,1-2H3. The van der Waals surface area contributed by atoms with Crippen LogP contribution in [-0.4, -0.2) is 33.3 Å². The van der Waals surface area contributed by atoms with E-state index in [0.29, 0.717) is 11.8 Å². The Morgan fingerprint density at radius 3 is 2.89 bits per heavy atom. The fourth-order valence-corrected chi connectivity index (χ4v) is 2.41. The Morgan fingerprint density at radius 1 is 1.44 bits per heavy atom. The van der Waals surface area contributed by atoms with Crippen LogP contribution in [0.1, 0.15) is 19.3 Å². The van der Waals surface area contributed by atoms with Crippen molar-refractivity contribution in [3.05, 3.63) is 24.0 Å². The SMILES string of the molecule is COc1ccc(N(C)CC2CCCCN2)cc1F. The van der Waals surface area contributed by atoms with E-state index < -0.39 is 0 Å². The van der Waals surface area contributed by atoms with Gasteiger partial charge in [0.2, 0.25) is 0 Å². The first kappa shape index (κ1) is 13.1. The topological polar surface area (TPSA) is 24.5 Å². The van der Waals surface area contributed by atoms with E-state index in [-0.39, 0.29) is 5.82 Å². The van der Waals surface area contributed by atoms with E-state index in [9.17, 15) is 4.39 Å². The molecule has 0 spiro atoms. The van der Waals surface area contributed by atoms with E-state index in [2.05, 4.69) is 10.2 Å². The second-order valence-corrected chi connectivity index (χ2v) is 4.85. The molecule has 100 valence electrons. The molecule has 4 heteroatoms. The van der Waals surface area contributed by atoms with Crippen molar-refractivity contribution < 1.29 is 9.13 Å². The van der Waals surface area contributed by atoms with Crippen LogP contribution in [0.5, 0.6) is 5.75 Å². The number of rotatable bonds is 4. The molecule has 1 aliphatic heterocycles. The largest absolute Gasteiger partial charge is 0.494 e. The lowest BCUT2D eigenvalue weighted by Crippen LogP contribution is -2.42. The number of halogens is 1. The average Bonchev–Trinajstić information content (AvgIpc) is 2.39. The lowest BCUT2D eigenvalue weighted by atomic mass is 10.0. The van der Waals surface area contributed by atoms with Gasteiger partial charge in [-0.05, 0) is 31.5 Å². The van der Waals surface area contributed by atoms with Crippen molar-refractivity contribution in [2.45, 2.75) is 25.3 Å². The molecular weight excluding hydrogens is 231 g/mol. The fraction of sp³-hybridized carbons (Fsp3) is 0.571. The summed E-state index contributed by atoms with van der Waals surface area (Å²) in [5.41, 5.74) is 0.890. The molecular formula is C14H21FN2O. The number of hydrogen-bond donors (Lipinski definition) is 1. The molecule has 1 aromatic carbocycles. The number of benzene rings is 1. The van der Waals surface area contributed by atoms with E-state index in [1.165, 1.54) is 32.4 Å². The minimum atomic E-state index is -0.307. The molecule has 3 nitrogen and oxygen atoms in total. The second kappa shape index (κ2) is 6.05. The summed E-state index contributed by atoms with van der Waals surface area (Å²) in [6, 6.07) is 5.61. The van der Waals surface area contributed by atoms with Crippen LogP contribution in [0.25, 0.3) is 0 Å². The molecule has 0 aliphatic carbocycles. The highest BCUT2D eigenvalue weighted by atomic mass is 19.1. The summed E-state index contributed by atoms with van der Waals surface area (Å²) in [5, 5.41) is 3.50. The first-order valence-electron chi connectivity index (χ1n) is 6.49. The maximum absolute atomic E-state index is 13.6. The van der Waals surface area contributed by atoms with E-state index in [0.717, 1.165) is 18.8 Å². The van der Waals surface area contributed by atoms with Crippen molar-refractivity contribution in [1.82, 2.24) is 5.32 Å². The Morgan fingerprint density at radius 2 is 2.28 bits per heavy atom. The van der Waals surface area contributed by atoms with E-state index in [1.807, 2.05) is 13.1 Å². The number of piperidine rings is 1. The lowest BCUT2D eigenvalue weighted by molar-refractivity contribution is 0.386. The molecule has 0 saturated carbocycles. The number of anilines is 1. The quantitative estimate of drug-likeness (QED) is 0.890. The zero-order valence-electron chi connectivity index (χ0n) is 11.1. The monoisotopic (exact) mass is 252 g/mol. The van der Waals surface area contributed by atoms with Crippen molar-refractivity contribution in [2.24, 2.45) is 0 Å². The molecule has 1 fully saturated rings.